The minimum atomic E-state index is 0.156. The molecule has 0 radical (unpaired) electrons. The molecular weight excluding hydrogens is 292 g/mol. The predicted molar refractivity (Wildman–Crippen MR) is 101 cm³/mol. The molecule has 0 unspecified atom stereocenters. The van der Waals surface area contributed by atoms with Gasteiger partial charge in [0, 0.05) is 5.92 Å². The molecule has 0 atom stereocenters. The third-order valence-electron chi connectivity index (χ3n) is 5.14. The van der Waals surface area contributed by atoms with Crippen LogP contribution in [0.5, 0.6) is 0 Å². The first kappa shape index (κ1) is 15.3. The Morgan fingerprint density at radius 3 is 1.75 bits per heavy atom. The molecule has 0 aromatic heterocycles. The Labute approximate surface area is 144 Å². The third kappa shape index (κ3) is 3.33. The highest BCUT2D eigenvalue weighted by molar-refractivity contribution is 6.43. The first-order chi connectivity index (χ1) is 11.9. The average molecular weight is 316 g/mol. The van der Waals surface area contributed by atoms with E-state index >= 15 is 0 Å². The lowest BCUT2D eigenvalue weighted by molar-refractivity contribution is 0.578. The van der Waals surface area contributed by atoms with Gasteiger partial charge < -0.3 is 0 Å². The van der Waals surface area contributed by atoms with Crippen LogP contribution in [0.4, 0.5) is 0 Å². The highest BCUT2D eigenvalue weighted by Gasteiger charge is 2.24. The lowest BCUT2D eigenvalue weighted by Crippen LogP contribution is -2.15. The van der Waals surface area contributed by atoms with E-state index in [0.29, 0.717) is 5.92 Å². The normalized spacial score (nSPS) is 17.5. The third-order valence-corrected chi connectivity index (χ3v) is 5.14. The second-order valence-electron chi connectivity index (χ2n) is 6.79. The Bertz CT molecular complexity index is 670. The fourth-order valence-electron chi connectivity index (χ4n) is 3.88. The molecule has 2 aliphatic rings. The second kappa shape index (κ2) is 7.12. The zero-order valence-electron chi connectivity index (χ0n) is 14.1. The van der Waals surface area contributed by atoms with Crippen molar-refractivity contribution in [1.82, 2.24) is 0 Å². The van der Waals surface area contributed by atoms with Crippen LogP contribution in [0.2, 0.25) is 0 Å². The van der Waals surface area contributed by atoms with Crippen molar-refractivity contribution < 1.29 is 0 Å². The van der Waals surface area contributed by atoms with E-state index in [4.69, 9.17) is 9.98 Å². The van der Waals surface area contributed by atoms with E-state index < -0.39 is 0 Å². The van der Waals surface area contributed by atoms with Crippen LogP contribution in [0.25, 0.3) is 0 Å². The van der Waals surface area contributed by atoms with Crippen LogP contribution in [0, 0.1) is 0 Å². The summed E-state index contributed by atoms with van der Waals surface area (Å²) in [5.41, 5.74) is 5.36. The minimum absolute atomic E-state index is 0.156. The van der Waals surface area contributed by atoms with Crippen molar-refractivity contribution in [3.63, 3.8) is 0 Å². The summed E-state index contributed by atoms with van der Waals surface area (Å²) < 4.78 is 0. The summed E-state index contributed by atoms with van der Waals surface area (Å²) in [6.45, 7) is 0. The molecule has 1 saturated carbocycles. The molecule has 24 heavy (non-hydrogen) atoms. The van der Waals surface area contributed by atoms with Gasteiger partial charge in [0.2, 0.25) is 0 Å². The molecule has 1 aliphatic carbocycles. The zero-order valence-corrected chi connectivity index (χ0v) is 14.1. The fraction of sp³-hybridized carbons (Fsp3) is 0.364. The lowest BCUT2D eigenvalue weighted by Gasteiger charge is -2.18. The molecule has 0 spiro atoms. The van der Waals surface area contributed by atoms with Gasteiger partial charge in [0.15, 0.2) is 0 Å². The number of hydrogen-bond acceptors (Lipinski definition) is 2. The fourth-order valence-corrected chi connectivity index (χ4v) is 3.88. The van der Waals surface area contributed by atoms with Crippen LogP contribution in [-0.4, -0.2) is 17.6 Å². The Morgan fingerprint density at radius 1 is 0.750 bits per heavy atom. The SMILES string of the molecule is c1ccc(C(CCC2N=C3CCCCC3=N2)c2ccccc2)cc1. The molecule has 2 aromatic rings. The molecule has 0 amide bonds. The molecule has 4 rings (SSSR count). The van der Waals surface area contributed by atoms with Gasteiger partial charge in [0.1, 0.15) is 6.17 Å². The van der Waals surface area contributed by atoms with E-state index in [1.807, 2.05) is 0 Å². The highest BCUT2D eigenvalue weighted by Crippen LogP contribution is 2.31. The molecular formula is C22H24N2. The molecule has 0 saturated heterocycles. The second-order valence-corrected chi connectivity index (χ2v) is 6.79. The van der Waals surface area contributed by atoms with Gasteiger partial charge in [-0.25, -0.2) is 0 Å². The monoisotopic (exact) mass is 316 g/mol. The Balaban J connectivity index is 1.51. The first-order valence-corrected chi connectivity index (χ1v) is 9.14. The standard InChI is InChI=1S/C22H24N2/c1-3-9-17(10-4-1)19(18-11-5-2-6-12-18)15-16-22-23-20-13-7-8-14-21(20)24-22/h1-6,9-12,19,22H,7-8,13-16H2. The van der Waals surface area contributed by atoms with E-state index in [9.17, 15) is 0 Å². The van der Waals surface area contributed by atoms with Gasteiger partial charge in [-0.2, -0.15) is 0 Å². The van der Waals surface area contributed by atoms with Crippen LogP contribution in [0.3, 0.4) is 0 Å². The molecule has 2 heteroatoms. The van der Waals surface area contributed by atoms with Gasteiger partial charge in [-0.3, -0.25) is 9.98 Å². The van der Waals surface area contributed by atoms with E-state index in [1.54, 1.807) is 0 Å². The molecule has 1 heterocycles. The van der Waals surface area contributed by atoms with E-state index in [1.165, 1.54) is 35.4 Å². The predicted octanol–water partition coefficient (Wildman–Crippen LogP) is 5.39. The summed E-state index contributed by atoms with van der Waals surface area (Å²) in [7, 11) is 0. The summed E-state index contributed by atoms with van der Waals surface area (Å²) in [5.74, 6) is 0.426. The molecule has 122 valence electrons. The number of hydrogen-bond donors (Lipinski definition) is 0. The first-order valence-electron chi connectivity index (χ1n) is 9.14. The quantitative estimate of drug-likeness (QED) is 0.706. The summed E-state index contributed by atoms with van der Waals surface area (Å²) in [5, 5.41) is 0. The van der Waals surface area contributed by atoms with E-state index in [0.717, 1.165) is 25.7 Å². The van der Waals surface area contributed by atoms with Crippen LogP contribution < -0.4 is 0 Å². The van der Waals surface area contributed by atoms with Crippen LogP contribution in [-0.2, 0) is 0 Å². The van der Waals surface area contributed by atoms with Crippen LogP contribution in [0.15, 0.2) is 70.6 Å². The molecule has 0 bridgehead atoms. The molecule has 0 N–H and O–H groups in total. The van der Waals surface area contributed by atoms with Crippen molar-refractivity contribution in [2.75, 3.05) is 0 Å². The molecule has 1 fully saturated rings. The number of fused-ring (bicyclic) bond motifs is 1. The van der Waals surface area contributed by atoms with Crippen LogP contribution in [0.1, 0.15) is 55.6 Å². The van der Waals surface area contributed by atoms with Crippen molar-refractivity contribution in [1.29, 1.82) is 0 Å². The maximum absolute atomic E-state index is 4.88. The highest BCUT2D eigenvalue weighted by atomic mass is 15.1. The van der Waals surface area contributed by atoms with Crippen molar-refractivity contribution in [3.05, 3.63) is 71.8 Å². The maximum Gasteiger partial charge on any atom is 0.140 e. The lowest BCUT2D eigenvalue weighted by atomic mass is 9.87. The topological polar surface area (TPSA) is 24.7 Å². The van der Waals surface area contributed by atoms with Gasteiger partial charge >= 0.3 is 0 Å². The largest absolute Gasteiger partial charge is 0.261 e. The smallest absolute Gasteiger partial charge is 0.140 e. The average Bonchev–Trinajstić information content (AvgIpc) is 3.07. The zero-order chi connectivity index (χ0) is 16.2. The Morgan fingerprint density at radius 2 is 1.25 bits per heavy atom. The minimum Gasteiger partial charge on any atom is -0.261 e. The van der Waals surface area contributed by atoms with Crippen LogP contribution >= 0.6 is 0 Å². The molecule has 2 aromatic carbocycles. The van der Waals surface area contributed by atoms with E-state index in [-0.39, 0.29) is 6.17 Å². The molecule has 2 nitrogen and oxygen atoms in total. The summed E-state index contributed by atoms with van der Waals surface area (Å²) in [4.78, 5) is 9.76. The summed E-state index contributed by atoms with van der Waals surface area (Å²) >= 11 is 0. The van der Waals surface area contributed by atoms with Crippen molar-refractivity contribution >= 4 is 11.4 Å². The van der Waals surface area contributed by atoms with Gasteiger partial charge in [-0.15, -0.1) is 0 Å². The van der Waals surface area contributed by atoms with Gasteiger partial charge in [0.25, 0.3) is 0 Å². The number of aliphatic imine (C=N–C) groups is 2. The summed E-state index contributed by atoms with van der Waals surface area (Å²) in [6.07, 6.45) is 7.10. The van der Waals surface area contributed by atoms with Crippen molar-refractivity contribution in [3.8, 4) is 0 Å². The van der Waals surface area contributed by atoms with Crippen molar-refractivity contribution in [2.45, 2.75) is 50.6 Å². The van der Waals surface area contributed by atoms with Gasteiger partial charge in [0.05, 0.1) is 11.4 Å². The van der Waals surface area contributed by atoms with Crippen molar-refractivity contribution in [2.24, 2.45) is 9.98 Å². The Kier molecular flexibility index (Phi) is 4.55. The number of rotatable bonds is 5. The number of nitrogens with zero attached hydrogens (tertiary/aromatic N) is 2. The number of benzene rings is 2. The van der Waals surface area contributed by atoms with Gasteiger partial charge in [-0.05, 0) is 49.7 Å². The Hall–Kier alpha value is -2.22. The molecule has 1 aliphatic heterocycles. The van der Waals surface area contributed by atoms with Gasteiger partial charge in [-0.1, -0.05) is 60.7 Å². The maximum atomic E-state index is 4.88. The summed E-state index contributed by atoms with van der Waals surface area (Å²) in [6, 6.07) is 21.7. The van der Waals surface area contributed by atoms with E-state index in [2.05, 4.69) is 60.7 Å².